The van der Waals surface area contributed by atoms with Crippen molar-refractivity contribution in [3.05, 3.63) is 0 Å². The maximum Gasteiger partial charge on any atom is 0.337 e. The minimum atomic E-state index is -0.195. The van der Waals surface area contributed by atoms with Crippen molar-refractivity contribution in [2.75, 3.05) is 17.3 Å². The second-order valence-corrected chi connectivity index (χ2v) is 2.64. The van der Waals surface area contributed by atoms with Gasteiger partial charge in [-0.3, -0.25) is 10.1 Å². The summed E-state index contributed by atoms with van der Waals surface area (Å²) in [5.41, 5.74) is 0. The highest BCUT2D eigenvalue weighted by molar-refractivity contribution is 9.09. The zero-order chi connectivity index (χ0) is 9.68. The van der Waals surface area contributed by atoms with Crippen LogP contribution in [0.15, 0.2) is 0 Å². The van der Waals surface area contributed by atoms with E-state index in [0.29, 0.717) is 6.61 Å². The van der Waals surface area contributed by atoms with Gasteiger partial charge in [0.05, 0.1) is 11.9 Å². The van der Waals surface area contributed by atoms with Crippen molar-refractivity contribution < 1.29 is 9.53 Å². The van der Waals surface area contributed by atoms with Gasteiger partial charge in [-0.1, -0.05) is 15.9 Å². The molecule has 13 heavy (non-hydrogen) atoms. The fourth-order valence-electron chi connectivity index (χ4n) is 0.661. The number of H-pyrrole nitrogens is 1. The molecule has 0 atom stereocenters. The van der Waals surface area contributed by atoms with Crippen molar-refractivity contribution >= 4 is 27.8 Å². The summed E-state index contributed by atoms with van der Waals surface area (Å²) in [6.45, 7) is 2.32. The van der Waals surface area contributed by atoms with Crippen LogP contribution in [-0.4, -0.2) is 33.0 Å². The number of aromatic nitrogens is 3. The molecule has 1 aromatic rings. The van der Waals surface area contributed by atoms with Gasteiger partial charge < -0.3 is 4.74 Å². The Kier molecular flexibility index (Phi) is 3.69. The quantitative estimate of drug-likeness (QED) is 0.763. The first-order valence-corrected chi connectivity index (χ1v) is 4.79. The Bertz CT molecular complexity index is 288. The molecule has 1 rings (SSSR count). The van der Waals surface area contributed by atoms with Gasteiger partial charge in [0.2, 0.25) is 11.9 Å². The Morgan fingerprint density at radius 3 is 3.15 bits per heavy atom. The molecule has 0 bridgehead atoms. The summed E-state index contributed by atoms with van der Waals surface area (Å²) in [7, 11) is 0. The Balaban J connectivity index is 2.53. The maximum atomic E-state index is 10.9. The summed E-state index contributed by atoms with van der Waals surface area (Å²) in [6, 6.07) is 0.229. The van der Waals surface area contributed by atoms with Crippen LogP contribution >= 0.6 is 15.9 Å². The predicted octanol–water partition coefficient (Wildman–Crippen LogP) is 0.537. The molecule has 0 unspecified atom stereocenters. The van der Waals surface area contributed by atoms with Crippen LogP contribution in [0.25, 0.3) is 0 Å². The van der Waals surface area contributed by atoms with Crippen LogP contribution in [0.1, 0.15) is 6.92 Å². The van der Waals surface area contributed by atoms with Crippen LogP contribution in [0.2, 0.25) is 0 Å². The average molecular weight is 249 g/mol. The summed E-state index contributed by atoms with van der Waals surface area (Å²) in [6.07, 6.45) is 0. The molecule has 0 saturated carbocycles. The summed E-state index contributed by atoms with van der Waals surface area (Å²) >= 11 is 3.00. The predicted molar refractivity (Wildman–Crippen MR) is 50.0 cm³/mol. The van der Waals surface area contributed by atoms with E-state index in [0.717, 1.165) is 0 Å². The van der Waals surface area contributed by atoms with Gasteiger partial charge >= 0.3 is 6.01 Å². The highest BCUT2D eigenvalue weighted by Crippen LogP contribution is 2.05. The first kappa shape index (κ1) is 9.97. The van der Waals surface area contributed by atoms with Gasteiger partial charge in [-0.25, -0.2) is 5.10 Å². The van der Waals surface area contributed by atoms with Gasteiger partial charge in [0.15, 0.2) is 0 Å². The zero-order valence-corrected chi connectivity index (χ0v) is 8.59. The highest BCUT2D eigenvalue weighted by atomic mass is 79.9. The highest BCUT2D eigenvalue weighted by Gasteiger charge is 2.05. The van der Waals surface area contributed by atoms with Crippen LogP contribution < -0.4 is 10.1 Å². The molecule has 0 aliphatic rings. The summed E-state index contributed by atoms with van der Waals surface area (Å²) in [5.74, 6) is 0.0899. The van der Waals surface area contributed by atoms with Gasteiger partial charge in [0, 0.05) is 0 Å². The lowest BCUT2D eigenvalue weighted by Crippen LogP contribution is -2.13. The van der Waals surface area contributed by atoms with E-state index in [1.807, 2.05) is 6.92 Å². The number of alkyl halides is 1. The molecule has 0 aliphatic heterocycles. The molecule has 72 valence electrons. The Hall–Kier alpha value is -1.11. The summed E-state index contributed by atoms with van der Waals surface area (Å²) in [5, 5.41) is 8.92. The lowest BCUT2D eigenvalue weighted by molar-refractivity contribution is -0.113. The molecule has 0 saturated heterocycles. The number of hydrogen-bond donors (Lipinski definition) is 2. The lowest BCUT2D eigenvalue weighted by Gasteiger charge is -1.95. The van der Waals surface area contributed by atoms with E-state index < -0.39 is 0 Å². The largest absolute Gasteiger partial charge is 0.463 e. The minimum absolute atomic E-state index is 0.195. The van der Waals surface area contributed by atoms with Crippen molar-refractivity contribution in [2.45, 2.75) is 6.92 Å². The number of nitrogens with one attached hydrogen (secondary N) is 2. The maximum absolute atomic E-state index is 10.9. The molecule has 6 nitrogen and oxygen atoms in total. The molecular weight excluding hydrogens is 240 g/mol. The average Bonchev–Trinajstić information content (AvgIpc) is 2.53. The summed E-state index contributed by atoms with van der Waals surface area (Å²) in [4.78, 5) is 14.7. The zero-order valence-electron chi connectivity index (χ0n) is 7.00. The number of hydrogen-bond acceptors (Lipinski definition) is 4. The lowest BCUT2D eigenvalue weighted by atomic mass is 10.7. The molecule has 0 spiro atoms. The summed E-state index contributed by atoms with van der Waals surface area (Å²) < 4.78 is 4.99. The minimum Gasteiger partial charge on any atom is -0.463 e. The first-order chi connectivity index (χ1) is 6.26. The first-order valence-electron chi connectivity index (χ1n) is 3.67. The SMILES string of the molecule is CCOc1n[nH]c(NC(=O)CBr)n1. The van der Waals surface area contributed by atoms with Crippen LogP contribution in [-0.2, 0) is 4.79 Å². The van der Waals surface area contributed by atoms with Crippen molar-refractivity contribution in [1.29, 1.82) is 0 Å². The van der Waals surface area contributed by atoms with E-state index in [-0.39, 0.29) is 23.2 Å². The van der Waals surface area contributed by atoms with Gasteiger partial charge in [0.1, 0.15) is 0 Å². The standard InChI is InChI=1S/C6H9BrN4O2/c1-2-13-6-9-5(10-11-6)8-4(12)3-7/h2-3H2,1H3,(H2,8,9,10,11,12). The fourth-order valence-corrected chi connectivity index (χ4v) is 0.802. The second-order valence-electron chi connectivity index (χ2n) is 2.08. The third-order valence-electron chi connectivity index (χ3n) is 1.12. The Morgan fingerprint density at radius 2 is 2.54 bits per heavy atom. The fraction of sp³-hybridized carbons (Fsp3) is 0.500. The van der Waals surface area contributed by atoms with Crippen molar-refractivity contribution in [3.8, 4) is 6.01 Å². The van der Waals surface area contributed by atoms with E-state index >= 15 is 0 Å². The van der Waals surface area contributed by atoms with E-state index in [2.05, 4.69) is 36.4 Å². The van der Waals surface area contributed by atoms with Crippen LogP contribution in [0.3, 0.4) is 0 Å². The van der Waals surface area contributed by atoms with Crippen molar-refractivity contribution in [2.24, 2.45) is 0 Å². The molecule has 2 N–H and O–H groups in total. The number of carbonyl (C=O) groups is 1. The number of halogens is 1. The molecule has 1 amide bonds. The van der Waals surface area contributed by atoms with Gasteiger partial charge in [-0.15, -0.1) is 5.10 Å². The number of amides is 1. The molecule has 1 aromatic heterocycles. The van der Waals surface area contributed by atoms with E-state index in [9.17, 15) is 4.79 Å². The molecule has 0 fully saturated rings. The Morgan fingerprint density at radius 1 is 1.77 bits per heavy atom. The number of anilines is 1. The van der Waals surface area contributed by atoms with Gasteiger partial charge in [0.25, 0.3) is 0 Å². The van der Waals surface area contributed by atoms with Crippen LogP contribution in [0.4, 0.5) is 5.95 Å². The van der Waals surface area contributed by atoms with Gasteiger partial charge in [-0.05, 0) is 6.92 Å². The number of nitrogens with zero attached hydrogens (tertiary/aromatic N) is 2. The molecular formula is C6H9BrN4O2. The van der Waals surface area contributed by atoms with E-state index in [4.69, 9.17) is 4.74 Å². The van der Waals surface area contributed by atoms with Crippen LogP contribution in [0, 0.1) is 0 Å². The Labute approximate surface area is 83.2 Å². The normalized spacial score (nSPS) is 9.69. The number of rotatable bonds is 4. The number of aromatic amines is 1. The molecule has 1 heterocycles. The number of carbonyl (C=O) groups excluding carboxylic acids is 1. The van der Waals surface area contributed by atoms with Gasteiger partial charge in [-0.2, -0.15) is 4.98 Å². The molecule has 0 aromatic carbocycles. The topological polar surface area (TPSA) is 79.9 Å². The van der Waals surface area contributed by atoms with E-state index in [1.165, 1.54) is 0 Å². The second kappa shape index (κ2) is 4.80. The molecule has 0 radical (unpaired) electrons. The number of ether oxygens (including phenoxy) is 1. The van der Waals surface area contributed by atoms with Crippen molar-refractivity contribution in [1.82, 2.24) is 15.2 Å². The molecule has 7 heteroatoms. The third-order valence-corrected chi connectivity index (χ3v) is 1.63. The van der Waals surface area contributed by atoms with Crippen LogP contribution in [0.5, 0.6) is 6.01 Å². The molecule has 0 aliphatic carbocycles. The third kappa shape index (κ3) is 3.02. The smallest absolute Gasteiger partial charge is 0.337 e. The van der Waals surface area contributed by atoms with Crippen molar-refractivity contribution in [3.63, 3.8) is 0 Å². The van der Waals surface area contributed by atoms with E-state index in [1.54, 1.807) is 0 Å². The monoisotopic (exact) mass is 248 g/mol.